The molecule has 2 rings (SSSR count). The average molecular weight is 321 g/mol. The SMILES string of the molecule is Cc1cc(CN)nc(N(C)Cc2ccccc2Br)n1. The molecule has 0 aliphatic heterocycles. The smallest absolute Gasteiger partial charge is 0.225 e. The van der Waals surface area contributed by atoms with E-state index in [2.05, 4.69) is 32.0 Å². The first kappa shape index (κ1) is 14.0. The highest BCUT2D eigenvalue weighted by molar-refractivity contribution is 9.10. The largest absolute Gasteiger partial charge is 0.340 e. The Balaban J connectivity index is 2.22. The summed E-state index contributed by atoms with van der Waals surface area (Å²) in [7, 11) is 1.98. The maximum Gasteiger partial charge on any atom is 0.225 e. The molecule has 1 aromatic carbocycles. The van der Waals surface area contributed by atoms with Crippen LogP contribution in [0.2, 0.25) is 0 Å². The van der Waals surface area contributed by atoms with Crippen molar-refractivity contribution in [2.45, 2.75) is 20.0 Å². The van der Waals surface area contributed by atoms with Crippen molar-refractivity contribution in [3.8, 4) is 0 Å². The summed E-state index contributed by atoms with van der Waals surface area (Å²) in [5.74, 6) is 0.705. The molecule has 4 nitrogen and oxygen atoms in total. The Labute approximate surface area is 121 Å². The van der Waals surface area contributed by atoms with Gasteiger partial charge in [-0.3, -0.25) is 0 Å². The first-order valence-corrected chi connectivity index (χ1v) is 6.88. The molecule has 100 valence electrons. The number of rotatable bonds is 4. The predicted molar refractivity (Wildman–Crippen MR) is 80.9 cm³/mol. The molecule has 0 aliphatic carbocycles. The van der Waals surface area contributed by atoms with Gasteiger partial charge in [0.25, 0.3) is 0 Å². The Hall–Kier alpha value is -1.46. The van der Waals surface area contributed by atoms with E-state index in [0.29, 0.717) is 12.5 Å². The van der Waals surface area contributed by atoms with Gasteiger partial charge in [0.1, 0.15) is 0 Å². The zero-order valence-electron chi connectivity index (χ0n) is 11.1. The molecular weight excluding hydrogens is 304 g/mol. The summed E-state index contributed by atoms with van der Waals surface area (Å²) in [4.78, 5) is 10.9. The Morgan fingerprint density at radius 3 is 2.68 bits per heavy atom. The van der Waals surface area contributed by atoms with Crippen molar-refractivity contribution in [1.29, 1.82) is 0 Å². The summed E-state index contributed by atoms with van der Waals surface area (Å²) in [5.41, 5.74) is 8.64. The molecule has 0 bridgehead atoms. The molecule has 0 radical (unpaired) electrons. The molecule has 1 heterocycles. The van der Waals surface area contributed by atoms with Gasteiger partial charge in [-0.2, -0.15) is 0 Å². The quantitative estimate of drug-likeness (QED) is 0.941. The van der Waals surface area contributed by atoms with E-state index < -0.39 is 0 Å². The molecule has 0 saturated carbocycles. The van der Waals surface area contributed by atoms with E-state index >= 15 is 0 Å². The van der Waals surface area contributed by atoms with E-state index in [0.717, 1.165) is 22.4 Å². The van der Waals surface area contributed by atoms with Gasteiger partial charge in [0.05, 0.1) is 5.69 Å². The second-order valence-corrected chi connectivity index (χ2v) is 5.31. The summed E-state index contributed by atoms with van der Waals surface area (Å²) < 4.78 is 1.09. The Morgan fingerprint density at radius 2 is 2.00 bits per heavy atom. The van der Waals surface area contributed by atoms with Gasteiger partial charge < -0.3 is 10.6 Å². The van der Waals surface area contributed by atoms with Crippen LogP contribution >= 0.6 is 15.9 Å². The number of nitrogens with zero attached hydrogens (tertiary/aromatic N) is 3. The fourth-order valence-corrected chi connectivity index (χ4v) is 2.26. The fraction of sp³-hybridized carbons (Fsp3) is 0.286. The van der Waals surface area contributed by atoms with Crippen LogP contribution in [0.1, 0.15) is 17.0 Å². The van der Waals surface area contributed by atoms with E-state index in [1.54, 1.807) is 0 Å². The molecule has 19 heavy (non-hydrogen) atoms. The second kappa shape index (κ2) is 6.12. The van der Waals surface area contributed by atoms with Crippen LogP contribution in [-0.2, 0) is 13.1 Å². The predicted octanol–water partition coefficient (Wildman–Crippen LogP) is 2.64. The van der Waals surface area contributed by atoms with Gasteiger partial charge in [-0.15, -0.1) is 0 Å². The molecule has 0 aliphatic rings. The molecule has 1 aromatic heterocycles. The first-order chi connectivity index (χ1) is 9.10. The normalized spacial score (nSPS) is 10.5. The van der Waals surface area contributed by atoms with Crippen molar-refractivity contribution >= 4 is 21.9 Å². The zero-order valence-corrected chi connectivity index (χ0v) is 12.7. The van der Waals surface area contributed by atoms with Crippen LogP contribution < -0.4 is 10.6 Å². The van der Waals surface area contributed by atoms with Gasteiger partial charge in [0.15, 0.2) is 0 Å². The van der Waals surface area contributed by atoms with E-state index in [1.807, 2.05) is 43.1 Å². The maximum atomic E-state index is 5.65. The van der Waals surface area contributed by atoms with Gasteiger partial charge in [-0.25, -0.2) is 9.97 Å². The van der Waals surface area contributed by atoms with Crippen molar-refractivity contribution in [2.75, 3.05) is 11.9 Å². The number of aromatic nitrogens is 2. The number of hydrogen-bond acceptors (Lipinski definition) is 4. The molecular formula is C14H17BrN4. The van der Waals surface area contributed by atoms with Gasteiger partial charge in [-0.05, 0) is 24.6 Å². The highest BCUT2D eigenvalue weighted by Gasteiger charge is 2.09. The number of halogens is 1. The standard InChI is InChI=1S/C14H17BrN4/c1-10-7-12(8-16)18-14(17-10)19(2)9-11-5-3-4-6-13(11)15/h3-7H,8-9,16H2,1-2H3. The lowest BCUT2D eigenvalue weighted by atomic mass is 10.2. The molecule has 5 heteroatoms. The summed E-state index contributed by atoms with van der Waals surface area (Å²) in [6, 6.07) is 10.1. The number of aryl methyl sites for hydroxylation is 1. The summed E-state index contributed by atoms with van der Waals surface area (Å²) in [6.07, 6.45) is 0. The minimum absolute atomic E-state index is 0.430. The van der Waals surface area contributed by atoms with E-state index in [4.69, 9.17) is 5.73 Å². The lowest BCUT2D eigenvalue weighted by Crippen LogP contribution is -2.20. The minimum atomic E-state index is 0.430. The lowest BCUT2D eigenvalue weighted by molar-refractivity contribution is 0.834. The van der Waals surface area contributed by atoms with Crippen LogP contribution in [0.4, 0.5) is 5.95 Å². The summed E-state index contributed by atoms with van der Waals surface area (Å²) in [6.45, 7) is 3.13. The third-order valence-corrected chi connectivity index (χ3v) is 3.58. The van der Waals surface area contributed by atoms with Crippen molar-refractivity contribution in [3.63, 3.8) is 0 Å². The van der Waals surface area contributed by atoms with Crippen molar-refractivity contribution in [1.82, 2.24) is 9.97 Å². The van der Waals surface area contributed by atoms with E-state index in [1.165, 1.54) is 5.56 Å². The van der Waals surface area contributed by atoms with Crippen LogP contribution in [0.25, 0.3) is 0 Å². The van der Waals surface area contributed by atoms with Crippen LogP contribution in [0.15, 0.2) is 34.8 Å². The summed E-state index contributed by atoms with van der Waals surface area (Å²) in [5, 5.41) is 0. The molecule has 0 amide bonds. The van der Waals surface area contributed by atoms with Crippen LogP contribution in [-0.4, -0.2) is 17.0 Å². The summed E-state index contributed by atoms with van der Waals surface area (Å²) >= 11 is 3.55. The first-order valence-electron chi connectivity index (χ1n) is 6.09. The molecule has 0 unspecified atom stereocenters. The van der Waals surface area contributed by atoms with Crippen molar-refractivity contribution < 1.29 is 0 Å². The fourth-order valence-electron chi connectivity index (χ4n) is 1.84. The molecule has 0 fully saturated rings. The Kier molecular flexibility index (Phi) is 4.50. The Morgan fingerprint density at radius 1 is 1.26 bits per heavy atom. The number of hydrogen-bond donors (Lipinski definition) is 1. The van der Waals surface area contributed by atoms with Gasteiger partial charge in [0, 0.05) is 30.3 Å². The van der Waals surface area contributed by atoms with Gasteiger partial charge in [0.2, 0.25) is 5.95 Å². The number of benzene rings is 1. The van der Waals surface area contributed by atoms with Crippen LogP contribution in [0.5, 0.6) is 0 Å². The molecule has 2 N–H and O–H groups in total. The lowest BCUT2D eigenvalue weighted by Gasteiger charge is -2.19. The molecule has 0 atom stereocenters. The molecule has 0 spiro atoms. The third-order valence-electron chi connectivity index (χ3n) is 2.81. The zero-order chi connectivity index (χ0) is 13.8. The molecule has 2 aromatic rings. The molecule has 0 saturated heterocycles. The van der Waals surface area contributed by atoms with E-state index in [-0.39, 0.29) is 0 Å². The number of anilines is 1. The van der Waals surface area contributed by atoms with Crippen LogP contribution in [0, 0.1) is 6.92 Å². The number of nitrogens with two attached hydrogens (primary N) is 1. The van der Waals surface area contributed by atoms with Gasteiger partial charge in [-0.1, -0.05) is 34.1 Å². The highest BCUT2D eigenvalue weighted by Crippen LogP contribution is 2.19. The topological polar surface area (TPSA) is 55.0 Å². The van der Waals surface area contributed by atoms with Crippen LogP contribution in [0.3, 0.4) is 0 Å². The van der Waals surface area contributed by atoms with Gasteiger partial charge >= 0.3 is 0 Å². The monoisotopic (exact) mass is 320 g/mol. The maximum absolute atomic E-state index is 5.65. The Bertz CT molecular complexity index is 571. The highest BCUT2D eigenvalue weighted by atomic mass is 79.9. The average Bonchev–Trinajstić information content (AvgIpc) is 2.40. The minimum Gasteiger partial charge on any atom is -0.340 e. The third kappa shape index (κ3) is 3.52. The van der Waals surface area contributed by atoms with E-state index in [9.17, 15) is 0 Å². The second-order valence-electron chi connectivity index (χ2n) is 4.45. The van der Waals surface area contributed by atoms with Crippen molar-refractivity contribution in [2.24, 2.45) is 5.73 Å². The van der Waals surface area contributed by atoms with Crippen molar-refractivity contribution in [3.05, 3.63) is 51.8 Å².